The fourth-order valence-electron chi connectivity index (χ4n) is 3.22. The Morgan fingerprint density at radius 1 is 0.973 bits per heavy atom. The number of hydrogen-bond acceptors (Lipinski definition) is 10. The lowest BCUT2D eigenvalue weighted by Gasteiger charge is -2.28. The average molecular weight is 557 g/mol. The van der Waals surface area contributed by atoms with Crippen LogP contribution in [-0.2, 0) is 40.0 Å². The third kappa shape index (κ3) is 12.7. The minimum atomic E-state index is -1.10. The van der Waals surface area contributed by atoms with Gasteiger partial charge in [-0.25, -0.2) is 0 Å². The van der Waals surface area contributed by atoms with E-state index in [1.165, 1.54) is 6.92 Å². The van der Waals surface area contributed by atoms with Crippen molar-refractivity contribution in [3.05, 3.63) is 35.9 Å². The Kier molecular flexibility index (Phi) is 16.0. The Hall–Kier alpha value is -2.24. The number of nitrogens with two attached hydrogens (primary N) is 1. The highest BCUT2D eigenvalue weighted by atomic mass is 33.1. The normalized spacial score (nSPS) is 14.1. The summed E-state index contributed by atoms with van der Waals surface area (Å²) in [5.74, 6) is -1.85. The van der Waals surface area contributed by atoms with Crippen LogP contribution in [0.3, 0.4) is 0 Å². The van der Waals surface area contributed by atoms with E-state index >= 15 is 0 Å². The molecular weight excluding hydrogens is 516 g/mol. The molecule has 3 N–H and O–H groups in total. The van der Waals surface area contributed by atoms with Crippen molar-refractivity contribution in [1.29, 1.82) is 0 Å². The number of esters is 3. The zero-order chi connectivity index (χ0) is 27.7. The molecule has 0 heterocycles. The number of amides is 1. The minimum absolute atomic E-state index is 0.0633. The monoisotopic (exact) mass is 556 g/mol. The summed E-state index contributed by atoms with van der Waals surface area (Å²) in [6.07, 6.45) is 0.812. The van der Waals surface area contributed by atoms with Crippen molar-refractivity contribution in [3.8, 4) is 0 Å². The molecule has 0 aromatic heterocycles. The molecular formula is C26H40N2O7S2. The average Bonchev–Trinajstić information content (AvgIpc) is 2.91. The fourth-order valence-corrected chi connectivity index (χ4v) is 4.99. The lowest BCUT2D eigenvalue weighted by molar-refractivity contribution is -0.167. The standard InChI is InChI=1S/C26H40N2O7S2/c1-5-26(4,17-19(2)22(29)28-12-16-37-36-15-11-27)25(32)34-14-13-33-23(30)20(3)24(31)35-18-21-9-7-6-8-10-21/h6-10,19-20H,5,11-18,27H2,1-4H3,(H,28,29). The number of hydrogen-bond donors (Lipinski definition) is 2. The largest absolute Gasteiger partial charge is 0.462 e. The number of carbonyl (C=O) groups is 4. The molecule has 0 aliphatic rings. The van der Waals surface area contributed by atoms with Crippen molar-refractivity contribution in [2.45, 2.75) is 47.1 Å². The van der Waals surface area contributed by atoms with Gasteiger partial charge >= 0.3 is 17.9 Å². The van der Waals surface area contributed by atoms with Gasteiger partial charge in [0.15, 0.2) is 5.92 Å². The van der Waals surface area contributed by atoms with Crippen LogP contribution in [0, 0.1) is 17.3 Å². The van der Waals surface area contributed by atoms with E-state index in [1.807, 2.05) is 37.3 Å². The van der Waals surface area contributed by atoms with Crippen molar-refractivity contribution in [3.63, 3.8) is 0 Å². The molecule has 37 heavy (non-hydrogen) atoms. The zero-order valence-electron chi connectivity index (χ0n) is 22.2. The van der Waals surface area contributed by atoms with Crippen LogP contribution in [0.5, 0.6) is 0 Å². The van der Waals surface area contributed by atoms with E-state index in [4.69, 9.17) is 19.9 Å². The molecule has 9 nitrogen and oxygen atoms in total. The first-order valence-corrected chi connectivity index (χ1v) is 14.9. The van der Waals surface area contributed by atoms with E-state index in [1.54, 1.807) is 35.4 Å². The Labute approximate surface area is 227 Å². The second kappa shape index (κ2) is 18.1. The third-order valence-electron chi connectivity index (χ3n) is 5.74. The predicted molar refractivity (Wildman–Crippen MR) is 146 cm³/mol. The molecule has 1 aromatic carbocycles. The molecule has 1 aromatic rings. The maximum Gasteiger partial charge on any atom is 0.320 e. The Balaban J connectivity index is 2.36. The fraction of sp³-hybridized carbons (Fsp3) is 0.615. The SMILES string of the molecule is CCC(C)(CC(C)C(=O)NCCSSCCN)C(=O)OCCOC(=O)C(C)C(=O)OCc1ccccc1. The highest BCUT2D eigenvalue weighted by Crippen LogP contribution is 2.31. The van der Waals surface area contributed by atoms with E-state index in [-0.39, 0.29) is 31.6 Å². The molecule has 0 spiro atoms. The van der Waals surface area contributed by atoms with E-state index in [0.29, 0.717) is 25.9 Å². The van der Waals surface area contributed by atoms with Gasteiger partial charge in [0.2, 0.25) is 5.91 Å². The minimum Gasteiger partial charge on any atom is -0.462 e. The zero-order valence-corrected chi connectivity index (χ0v) is 23.8. The molecule has 0 aliphatic heterocycles. The molecule has 1 amide bonds. The van der Waals surface area contributed by atoms with Crippen molar-refractivity contribution in [2.24, 2.45) is 23.0 Å². The number of rotatable bonds is 18. The van der Waals surface area contributed by atoms with Gasteiger partial charge in [0, 0.05) is 30.5 Å². The predicted octanol–water partition coefficient (Wildman–Crippen LogP) is 3.35. The summed E-state index contributed by atoms with van der Waals surface area (Å²) in [6.45, 7) is 7.71. The van der Waals surface area contributed by atoms with Gasteiger partial charge in [-0.2, -0.15) is 0 Å². The summed E-state index contributed by atoms with van der Waals surface area (Å²) >= 11 is 0. The quantitative estimate of drug-likeness (QED) is 0.0911. The topological polar surface area (TPSA) is 134 Å². The van der Waals surface area contributed by atoms with Crippen LogP contribution < -0.4 is 11.1 Å². The lowest BCUT2D eigenvalue weighted by atomic mass is 9.79. The molecule has 0 bridgehead atoms. The van der Waals surface area contributed by atoms with Crippen molar-refractivity contribution in [1.82, 2.24) is 5.32 Å². The van der Waals surface area contributed by atoms with E-state index in [2.05, 4.69) is 5.32 Å². The maximum absolute atomic E-state index is 12.7. The summed E-state index contributed by atoms with van der Waals surface area (Å²) in [5, 5.41) is 2.90. The molecule has 0 saturated carbocycles. The molecule has 0 aliphatic carbocycles. The second-order valence-electron chi connectivity index (χ2n) is 8.86. The van der Waals surface area contributed by atoms with Gasteiger partial charge in [0.1, 0.15) is 19.8 Å². The molecule has 0 fully saturated rings. The van der Waals surface area contributed by atoms with Crippen LogP contribution >= 0.6 is 21.6 Å². The Morgan fingerprint density at radius 3 is 2.24 bits per heavy atom. The highest BCUT2D eigenvalue weighted by molar-refractivity contribution is 8.76. The van der Waals surface area contributed by atoms with Crippen LogP contribution in [0.15, 0.2) is 30.3 Å². The van der Waals surface area contributed by atoms with E-state index in [9.17, 15) is 19.2 Å². The van der Waals surface area contributed by atoms with Crippen LogP contribution in [0.4, 0.5) is 0 Å². The van der Waals surface area contributed by atoms with Gasteiger partial charge in [0.05, 0.1) is 5.41 Å². The summed E-state index contributed by atoms with van der Waals surface area (Å²) in [4.78, 5) is 49.4. The molecule has 3 unspecified atom stereocenters. The van der Waals surface area contributed by atoms with Gasteiger partial charge in [-0.05, 0) is 32.3 Å². The highest BCUT2D eigenvalue weighted by Gasteiger charge is 2.36. The van der Waals surface area contributed by atoms with Gasteiger partial charge in [-0.15, -0.1) is 0 Å². The smallest absolute Gasteiger partial charge is 0.320 e. The summed E-state index contributed by atoms with van der Waals surface area (Å²) in [7, 11) is 3.33. The number of nitrogens with one attached hydrogen (secondary N) is 1. The summed E-state index contributed by atoms with van der Waals surface area (Å²) in [5.41, 5.74) is 5.40. The first kappa shape index (κ1) is 32.8. The third-order valence-corrected chi connectivity index (χ3v) is 8.18. The van der Waals surface area contributed by atoms with Crippen molar-refractivity contribution < 1.29 is 33.4 Å². The van der Waals surface area contributed by atoms with Crippen LogP contribution in [0.25, 0.3) is 0 Å². The number of ether oxygens (including phenoxy) is 3. The van der Waals surface area contributed by atoms with Crippen LogP contribution in [0.2, 0.25) is 0 Å². The number of carbonyl (C=O) groups excluding carboxylic acids is 4. The van der Waals surface area contributed by atoms with E-state index in [0.717, 1.165) is 17.1 Å². The van der Waals surface area contributed by atoms with Gasteiger partial charge in [-0.1, -0.05) is 65.8 Å². The van der Waals surface area contributed by atoms with E-state index < -0.39 is 29.2 Å². The second-order valence-corrected chi connectivity index (χ2v) is 11.6. The van der Waals surface area contributed by atoms with Gasteiger partial charge in [0.25, 0.3) is 0 Å². The molecule has 0 saturated heterocycles. The molecule has 208 valence electrons. The molecule has 3 atom stereocenters. The lowest BCUT2D eigenvalue weighted by Crippen LogP contribution is -2.38. The molecule has 11 heteroatoms. The van der Waals surface area contributed by atoms with Gasteiger partial charge in [-0.3, -0.25) is 19.2 Å². The molecule has 1 rings (SSSR count). The van der Waals surface area contributed by atoms with Crippen molar-refractivity contribution >= 4 is 45.4 Å². The number of benzene rings is 1. The summed E-state index contributed by atoms with van der Waals surface area (Å²) in [6, 6.07) is 9.13. The first-order valence-electron chi connectivity index (χ1n) is 12.4. The maximum atomic E-state index is 12.7. The van der Waals surface area contributed by atoms with Crippen molar-refractivity contribution in [2.75, 3.05) is 37.8 Å². The molecule has 0 radical (unpaired) electrons. The van der Waals surface area contributed by atoms with Gasteiger partial charge < -0.3 is 25.3 Å². The van der Waals surface area contributed by atoms with Crippen LogP contribution in [0.1, 0.15) is 46.1 Å². The Bertz CT molecular complexity index is 857. The Morgan fingerprint density at radius 2 is 1.59 bits per heavy atom. The first-order chi connectivity index (χ1) is 17.6. The van der Waals surface area contributed by atoms with Crippen LogP contribution in [-0.4, -0.2) is 61.6 Å². The summed E-state index contributed by atoms with van der Waals surface area (Å²) < 4.78 is 15.6.